The van der Waals surface area contributed by atoms with Crippen LogP contribution in [-0.2, 0) is 4.79 Å². The van der Waals surface area contributed by atoms with E-state index in [0.29, 0.717) is 24.9 Å². The number of rotatable bonds is 3. The summed E-state index contributed by atoms with van der Waals surface area (Å²) in [6.45, 7) is -0.751. The second kappa shape index (κ2) is 6.19. The van der Waals surface area contributed by atoms with Gasteiger partial charge in [-0.3, -0.25) is 9.59 Å². The molecule has 0 saturated carbocycles. The predicted octanol–water partition coefficient (Wildman–Crippen LogP) is 1.81. The number of likely N-dealkylation sites (tertiary alicyclic amines) is 1. The quantitative estimate of drug-likeness (QED) is 0.926. The summed E-state index contributed by atoms with van der Waals surface area (Å²) in [6, 6.07) is 1.51. The van der Waals surface area contributed by atoms with Crippen LogP contribution < -0.4 is 5.32 Å². The Bertz CT molecular complexity index is 499. The third-order valence-corrected chi connectivity index (χ3v) is 3.31. The van der Waals surface area contributed by atoms with Crippen molar-refractivity contribution in [1.82, 2.24) is 10.2 Å². The van der Waals surface area contributed by atoms with E-state index in [2.05, 4.69) is 0 Å². The van der Waals surface area contributed by atoms with Crippen LogP contribution in [0.25, 0.3) is 0 Å². The Morgan fingerprint density at radius 1 is 1.43 bits per heavy atom. The van der Waals surface area contributed by atoms with Crippen molar-refractivity contribution >= 4 is 11.8 Å². The van der Waals surface area contributed by atoms with Crippen molar-refractivity contribution in [2.24, 2.45) is 5.92 Å². The Balaban J connectivity index is 1.91. The van der Waals surface area contributed by atoms with Gasteiger partial charge in [0.15, 0.2) is 0 Å². The number of nitrogens with zero attached hydrogens (tertiary/aromatic N) is 1. The number of piperidine rings is 1. The maximum Gasteiger partial charge on any atom is 0.405 e. The zero-order valence-corrected chi connectivity index (χ0v) is 11.2. The molecule has 0 aliphatic carbocycles. The summed E-state index contributed by atoms with van der Waals surface area (Å²) >= 11 is 0. The number of hydrogen-bond donors (Lipinski definition) is 1. The fourth-order valence-electron chi connectivity index (χ4n) is 2.28. The van der Waals surface area contributed by atoms with Crippen molar-refractivity contribution in [3.63, 3.8) is 0 Å². The molecule has 1 aromatic rings. The van der Waals surface area contributed by atoms with E-state index in [0.717, 1.165) is 0 Å². The lowest BCUT2D eigenvalue weighted by molar-refractivity contribution is -0.141. The van der Waals surface area contributed by atoms with Crippen molar-refractivity contribution in [2.45, 2.75) is 19.0 Å². The van der Waals surface area contributed by atoms with Crippen LogP contribution in [-0.4, -0.2) is 42.5 Å². The third kappa shape index (κ3) is 4.24. The van der Waals surface area contributed by atoms with Crippen LogP contribution in [0, 0.1) is 5.92 Å². The summed E-state index contributed by atoms with van der Waals surface area (Å²) in [4.78, 5) is 25.3. The molecule has 2 rings (SSSR count). The molecule has 1 saturated heterocycles. The first kappa shape index (κ1) is 15.4. The highest BCUT2D eigenvalue weighted by Crippen LogP contribution is 2.20. The highest BCUT2D eigenvalue weighted by Gasteiger charge is 2.32. The Morgan fingerprint density at radius 3 is 2.81 bits per heavy atom. The lowest BCUT2D eigenvalue weighted by Crippen LogP contribution is -2.46. The van der Waals surface area contributed by atoms with Gasteiger partial charge in [-0.25, -0.2) is 0 Å². The van der Waals surface area contributed by atoms with Crippen LogP contribution in [0.2, 0.25) is 0 Å². The number of amides is 2. The lowest BCUT2D eigenvalue weighted by Gasteiger charge is -2.31. The number of hydrogen-bond acceptors (Lipinski definition) is 3. The van der Waals surface area contributed by atoms with Gasteiger partial charge in [-0.15, -0.1) is 0 Å². The van der Waals surface area contributed by atoms with Gasteiger partial charge in [-0.1, -0.05) is 0 Å². The minimum Gasteiger partial charge on any atom is -0.472 e. The average Bonchev–Trinajstić information content (AvgIpc) is 2.97. The summed E-state index contributed by atoms with van der Waals surface area (Å²) in [5.74, 6) is -1.56. The molecule has 0 radical (unpaired) electrons. The maximum atomic E-state index is 12.1. The van der Waals surface area contributed by atoms with E-state index in [9.17, 15) is 22.8 Å². The first-order valence-electron chi connectivity index (χ1n) is 6.53. The molecule has 21 heavy (non-hydrogen) atoms. The number of furan rings is 1. The van der Waals surface area contributed by atoms with Crippen LogP contribution in [0.5, 0.6) is 0 Å². The van der Waals surface area contributed by atoms with Crippen LogP contribution >= 0.6 is 0 Å². The first-order valence-corrected chi connectivity index (χ1v) is 6.53. The second-order valence-corrected chi connectivity index (χ2v) is 4.94. The fourth-order valence-corrected chi connectivity index (χ4v) is 2.28. The molecule has 8 heteroatoms. The Hall–Kier alpha value is -1.99. The SMILES string of the molecule is O=C(NCC(F)(F)F)C1CCCN(C(=O)c2ccoc2)C1. The van der Waals surface area contributed by atoms with Crippen LogP contribution in [0.4, 0.5) is 13.2 Å². The third-order valence-electron chi connectivity index (χ3n) is 3.31. The van der Waals surface area contributed by atoms with Gasteiger partial charge < -0.3 is 14.6 Å². The van der Waals surface area contributed by atoms with Gasteiger partial charge in [-0.05, 0) is 18.9 Å². The molecule has 2 amide bonds. The smallest absolute Gasteiger partial charge is 0.405 e. The fraction of sp³-hybridized carbons (Fsp3) is 0.538. The van der Waals surface area contributed by atoms with E-state index in [4.69, 9.17) is 4.42 Å². The molecule has 1 aliphatic heterocycles. The van der Waals surface area contributed by atoms with Gasteiger partial charge in [0.25, 0.3) is 5.91 Å². The standard InChI is InChI=1S/C13H15F3N2O3/c14-13(15,16)8-17-11(19)9-2-1-4-18(6-9)12(20)10-3-5-21-7-10/h3,5,7,9H,1-2,4,6,8H2,(H,17,19). The minimum absolute atomic E-state index is 0.119. The van der Waals surface area contributed by atoms with E-state index in [1.807, 2.05) is 5.32 Å². The molecule has 1 aliphatic rings. The molecular weight excluding hydrogens is 289 g/mol. The van der Waals surface area contributed by atoms with Crippen LogP contribution in [0.1, 0.15) is 23.2 Å². The van der Waals surface area contributed by atoms with E-state index in [1.165, 1.54) is 23.5 Å². The minimum atomic E-state index is -4.43. The highest BCUT2D eigenvalue weighted by molar-refractivity contribution is 5.94. The summed E-state index contributed by atoms with van der Waals surface area (Å²) in [5.41, 5.74) is 0.367. The lowest BCUT2D eigenvalue weighted by atomic mass is 9.96. The van der Waals surface area contributed by atoms with Gasteiger partial charge in [0.2, 0.25) is 5.91 Å². The highest BCUT2D eigenvalue weighted by atomic mass is 19.4. The summed E-state index contributed by atoms with van der Waals surface area (Å²) in [7, 11) is 0. The largest absolute Gasteiger partial charge is 0.472 e. The van der Waals surface area contributed by atoms with E-state index < -0.39 is 24.5 Å². The van der Waals surface area contributed by atoms with Crippen molar-refractivity contribution in [1.29, 1.82) is 0 Å². The normalized spacial score (nSPS) is 19.4. The van der Waals surface area contributed by atoms with Crippen molar-refractivity contribution < 1.29 is 27.2 Å². The molecule has 116 valence electrons. The molecule has 1 atom stereocenters. The Labute approximate surface area is 119 Å². The zero-order chi connectivity index (χ0) is 15.5. The molecule has 1 N–H and O–H groups in total. The van der Waals surface area contributed by atoms with E-state index in [-0.39, 0.29) is 12.5 Å². The summed E-state index contributed by atoms with van der Waals surface area (Å²) in [5, 5.41) is 1.87. The Morgan fingerprint density at radius 2 is 2.19 bits per heavy atom. The zero-order valence-electron chi connectivity index (χ0n) is 11.2. The average molecular weight is 304 g/mol. The van der Waals surface area contributed by atoms with Gasteiger partial charge in [0.1, 0.15) is 12.8 Å². The van der Waals surface area contributed by atoms with Gasteiger partial charge >= 0.3 is 6.18 Å². The molecule has 0 aromatic carbocycles. The van der Waals surface area contributed by atoms with Crippen molar-refractivity contribution in [3.8, 4) is 0 Å². The summed E-state index contributed by atoms with van der Waals surface area (Å²) < 4.78 is 41.1. The van der Waals surface area contributed by atoms with Crippen LogP contribution in [0.15, 0.2) is 23.0 Å². The second-order valence-electron chi connectivity index (χ2n) is 4.94. The molecule has 0 bridgehead atoms. The number of carbonyl (C=O) groups is 2. The molecule has 1 fully saturated rings. The van der Waals surface area contributed by atoms with Crippen molar-refractivity contribution in [3.05, 3.63) is 24.2 Å². The van der Waals surface area contributed by atoms with Gasteiger partial charge in [0, 0.05) is 13.1 Å². The van der Waals surface area contributed by atoms with Crippen molar-refractivity contribution in [2.75, 3.05) is 19.6 Å². The summed E-state index contributed by atoms with van der Waals surface area (Å²) in [6.07, 6.45) is -0.719. The number of carbonyl (C=O) groups excluding carboxylic acids is 2. The van der Waals surface area contributed by atoms with Gasteiger partial charge in [-0.2, -0.15) is 13.2 Å². The molecule has 2 heterocycles. The topological polar surface area (TPSA) is 62.6 Å². The van der Waals surface area contributed by atoms with Crippen LogP contribution in [0.3, 0.4) is 0 Å². The first-order chi connectivity index (χ1) is 9.87. The molecule has 5 nitrogen and oxygen atoms in total. The van der Waals surface area contributed by atoms with E-state index in [1.54, 1.807) is 0 Å². The number of alkyl halides is 3. The van der Waals surface area contributed by atoms with E-state index >= 15 is 0 Å². The molecule has 0 spiro atoms. The molecule has 1 unspecified atom stereocenters. The maximum absolute atomic E-state index is 12.1. The Kier molecular flexibility index (Phi) is 4.54. The molecule has 1 aromatic heterocycles. The number of halogens is 3. The monoisotopic (exact) mass is 304 g/mol. The number of nitrogens with one attached hydrogen (secondary N) is 1. The van der Waals surface area contributed by atoms with Gasteiger partial charge in [0.05, 0.1) is 17.7 Å². The predicted molar refractivity (Wildman–Crippen MR) is 66.4 cm³/mol. The molecular formula is C13H15F3N2O3.